The van der Waals surface area contributed by atoms with Gasteiger partial charge in [0.15, 0.2) is 0 Å². The van der Waals surface area contributed by atoms with E-state index in [0.717, 1.165) is 5.56 Å². The fraction of sp³-hybridized carbons (Fsp3) is 0.292. The minimum absolute atomic E-state index is 0.00537. The molecule has 0 aliphatic rings. The van der Waals surface area contributed by atoms with Crippen molar-refractivity contribution in [2.24, 2.45) is 5.92 Å². The van der Waals surface area contributed by atoms with Gasteiger partial charge in [-0.25, -0.2) is 9.59 Å². The van der Waals surface area contributed by atoms with Crippen LogP contribution >= 0.6 is 0 Å². The summed E-state index contributed by atoms with van der Waals surface area (Å²) < 4.78 is 10.6. The second-order valence-electron chi connectivity index (χ2n) is 7.74. The van der Waals surface area contributed by atoms with Crippen molar-refractivity contribution in [3.63, 3.8) is 0 Å². The Morgan fingerprint density at radius 2 is 1.84 bits per heavy atom. The van der Waals surface area contributed by atoms with E-state index < -0.39 is 17.6 Å². The topological polar surface area (TPSA) is 106 Å². The number of nitrogens with one attached hydrogen (secondary N) is 1. The van der Waals surface area contributed by atoms with Gasteiger partial charge in [-0.15, -0.1) is 0 Å². The van der Waals surface area contributed by atoms with Crippen LogP contribution in [0.15, 0.2) is 57.7 Å². The van der Waals surface area contributed by atoms with Gasteiger partial charge in [0.05, 0.1) is 6.42 Å². The summed E-state index contributed by atoms with van der Waals surface area (Å²) in [5.74, 6) is -1.05. The summed E-state index contributed by atoms with van der Waals surface area (Å²) in [4.78, 5) is 37.0. The molecule has 1 heterocycles. The summed E-state index contributed by atoms with van der Waals surface area (Å²) in [7, 11) is 0. The number of fused-ring (bicyclic) bond motifs is 1. The molecule has 7 heteroatoms. The van der Waals surface area contributed by atoms with Crippen LogP contribution in [0.4, 0.5) is 0 Å². The van der Waals surface area contributed by atoms with Crippen molar-refractivity contribution in [1.82, 2.24) is 5.32 Å². The summed E-state index contributed by atoms with van der Waals surface area (Å²) in [5, 5.41) is 13.2. The number of esters is 1. The molecule has 0 saturated heterocycles. The molecule has 0 saturated carbocycles. The molecule has 0 bridgehead atoms. The molecule has 1 atom stereocenters. The summed E-state index contributed by atoms with van der Waals surface area (Å²) in [6, 6.07) is 12.8. The Morgan fingerprint density at radius 1 is 1.13 bits per heavy atom. The highest BCUT2D eigenvalue weighted by molar-refractivity contribution is 5.87. The van der Waals surface area contributed by atoms with Crippen molar-refractivity contribution in [3.05, 3.63) is 75.6 Å². The number of carbonyl (C=O) groups is 2. The largest absolute Gasteiger partial charge is 0.508 e. The van der Waals surface area contributed by atoms with Gasteiger partial charge in [0.25, 0.3) is 0 Å². The van der Waals surface area contributed by atoms with Gasteiger partial charge in [-0.1, -0.05) is 44.2 Å². The molecule has 162 valence electrons. The maximum Gasteiger partial charge on any atom is 0.336 e. The fourth-order valence-corrected chi connectivity index (χ4v) is 3.28. The van der Waals surface area contributed by atoms with E-state index >= 15 is 0 Å². The smallest absolute Gasteiger partial charge is 0.336 e. The Bertz CT molecular complexity index is 1150. The lowest BCUT2D eigenvalue weighted by molar-refractivity contribution is -0.150. The van der Waals surface area contributed by atoms with Crippen molar-refractivity contribution in [1.29, 1.82) is 0 Å². The maximum atomic E-state index is 12.7. The SMILES string of the molecule is Cc1c(O)ccc2c(COC(=O)[C@@H](NC(=O)Cc3ccccc3)C(C)C)cc(=O)oc12. The van der Waals surface area contributed by atoms with Gasteiger partial charge in [0.1, 0.15) is 24.0 Å². The molecule has 7 nitrogen and oxygen atoms in total. The van der Waals surface area contributed by atoms with Crippen LogP contribution in [0.25, 0.3) is 11.0 Å². The van der Waals surface area contributed by atoms with Crippen molar-refractivity contribution in [2.45, 2.75) is 39.8 Å². The second kappa shape index (κ2) is 9.47. The van der Waals surface area contributed by atoms with Crippen molar-refractivity contribution >= 4 is 22.8 Å². The van der Waals surface area contributed by atoms with E-state index in [4.69, 9.17) is 9.15 Å². The second-order valence-corrected chi connectivity index (χ2v) is 7.74. The number of rotatable bonds is 7. The average molecular weight is 423 g/mol. The Kier molecular flexibility index (Phi) is 6.74. The van der Waals surface area contributed by atoms with Gasteiger partial charge in [0.2, 0.25) is 5.91 Å². The first kappa shape index (κ1) is 22.1. The van der Waals surface area contributed by atoms with Crippen molar-refractivity contribution in [2.75, 3.05) is 0 Å². The Labute approximate surface area is 179 Å². The van der Waals surface area contributed by atoms with Crippen LogP contribution in [-0.2, 0) is 27.4 Å². The van der Waals surface area contributed by atoms with E-state index in [9.17, 15) is 19.5 Å². The average Bonchev–Trinajstić information content (AvgIpc) is 2.73. The highest BCUT2D eigenvalue weighted by atomic mass is 16.5. The summed E-state index contributed by atoms with van der Waals surface area (Å²) in [5.41, 5.74) is 1.37. The Morgan fingerprint density at radius 3 is 2.52 bits per heavy atom. The molecule has 3 rings (SSSR count). The van der Waals surface area contributed by atoms with Crippen LogP contribution in [0.2, 0.25) is 0 Å². The lowest BCUT2D eigenvalue weighted by Crippen LogP contribution is -2.45. The zero-order valence-electron chi connectivity index (χ0n) is 17.7. The molecule has 0 spiro atoms. The summed E-state index contributed by atoms with van der Waals surface area (Å²) in [6.07, 6.45) is 0.157. The number of phenols is 1. The highest BCUT2D eigenvalue weighted by Gasteiger charge is 2.26. The number of carbonyl (C=O) groups excluding carboxylic acids is 2. The first-order valence-electron chi connectivity index (χ1n) is 10.0. The van der Waals surface area contributed by atoms with E-state index in [2.05, 4.69) is 5.32 Å². The molecule has 1 aromatic heterocycles. The van der Waals surface area contributed by atoms with E-state index in [1.54, 1.807) is 13.0 Å². The standard InChI is InChI=1S/C24H25NO6/c1-14(2)22(25-20(27)11-16-7-5-4-6-8-16)24(29)30-13-17-12-21(28)31-23-15(3)19(26)10-9-18(17)23/h4-10,12,14,22,26H,11,13H2,1-3H3,(H,25,27)/t22-/m0/s1. The molecule has 0 aliphatic heterocycles. The predicted octanol–water partition coefficient (Wildman–Crippen LogP) is 3.23. The van der Waals surface area contributed by atoms with Crippen LogP contribution in [-0.4, -0.2) is 23.0 Å². The number of hydrogen-bond donors (Lipinski definition) is 2. The Balaban J connectivity index is 1.73. The number of phenolic OH excluding ortho intramolecular Hbond substituents is 1. The van der Waals surface area contributed by atoms with Crippen LogP contribution in [0.3, 0.4) is 0 Å². The third kappa shape index (κ3) is 5.31. The molecular weight excluding hydrogens is 398 g/mol. The number of aryl methyl sites for hydroxylation is 1. The minimum Gasteiger partial charge on any atom is -0.508 e. The molecule has 3 aromatic rings. The number of benzene rings is 2. The van der Waals surface area contributed by atoms with E-state index in [-0.39, 0.29) is 36.2 Å². The van der Waals surface area contributed by atoms with Crippen molar-refractivity contribution in [3.8, 4) is 5.75 Å². The van der Waals surface area contributed by atoms with Gasteiger partial charge < -0.3 is 19.6 Å². The van der Waals surface area contributed by atoms with Crippen LogP contribution < -0.4 is 10.9 Å². The zero-order chi connectivity index (χ0) is 22.5. The third-order valence-corrected chi connectivity index (χ3v) is 5.03. The lowest BCUT2D eigenvalue weighted by Gasteiger charge is -2.21. The van der Waals surface area contributed by atoms with Gasteiger partial charge >= 0.3 is 11.6 Å². The molecule has 2 aromatic carbocycles. The number of aromatic hydroxyl groups is 1. The van der Waals surface area contributed by atoms with E-state index in [1.165, 1.54) is 12.1 Å². The minimum atomic E-state index is -0.826. The summed E-state index contributed by atoms with van der Waals surface area (Å²) in [6.45, 7) is 5.09. The molecule has 0 aliphatic carbocycles. The lowest BCUT2D eigenvalue weighted by atomic mass is 10.0. The molecule has 0 fully saturated rings. The Hall–Kier alpha value is -3.61. The third-order valence-electron chi connectivity index (χ3n) is 5.03. The molecule has 2 N–H and O–H groups in total. The number of ether oxygens (including phenoxy) is 1. The predicted molar refractivity (Wildman–Crippen MR) is 116 cm³/mol. The van der Waals surface area contributed by atoms with E-state index in [0.29, 0.717) is 16.5 Å². The summed E-state index contributed by atoms with van der Waals surface area (Å²) >= 11 is 0. The molecule has 0 radical (unpaired) electrons. The molecule has 31 heavy (non-hydrogen) atoms. The fourth-order valence-electron chi connectivity index (χ4n) is 3.28. The zero-order valence-corrected chi connectivity index (χ0v) is 17.7. The highest BCUT2D eigenvalue weighted by Crippen LogP contribution is 2.27. The van der Waals surface area contributed by atoms with Gasteiger partial charge in [-0.3, -0.25) is 4.79 Å². The molecule has 1 amide bonds. The molecular formula is C24H25NO6. The maximum absolute atomic E-state index is 12.7. The van der Waals surface area contributed by atoms with Crippen LogP contribution in [0.1, 0.15) is 30.5 Å². The monoisotopic (exact) mass is 423 g/mol. The van der Waals surface area contributed by atoms with Crippen LogP contribution in [0.5, 0.6) is 5.75 Å². The quantitative estimate of drug-likeness (QED) is 0.446. The number of amides is 1. The first-order chi connectivity index (χ1) is 14.8. The number of hydrogen-bond acceptors (Lipinski definition) is 6. The van der Waals surface area contributed by atoms with E-state index in [1.807, 2.05) is 44.2 Å². The van der Waals surface area contributed by atoms with Gasteiger partial charge in [-0.05, 0) is 30.5 Å². The first-order valence-corrected chi connectivity index (χ1v) is 10.0. The van der Waals surface area contributed by atoms with Gasteiger partial charge in [0, 0.05) is 22.6 Å². The van der Waals surface area contributed by atoms with Crippen LogP contribution in [0, 0.1) is 12.8 Å². The van der Waals surface area contributed by atoms with Gasteiger partial charge in [-0.2, -0.15) is 0 Å². The molecule has 0 unspecified atom stereocenters. The van der Waals surface area contributed by atoms with Crippen molar-refractivity contribution < 1.29 is 23.8 Å². The normalized spacial score (nSPS) is 12.0.